The van der Waals surface area contributed by atoms with Gasteiger partial charge in [0.2, 0.25) is 5.91 Å². The third kappa shape index (κ3) is 4.56. The number of H-pyrrole nitrogens is 1. The Kier molecular flexibility index (Phi) is 6.61. The van der Waals surface area contributed by atoms with Crippen molar-refractivity contribution in [3.05, 3.63) is 67.0 Å². The van der Waals surface area contributed by atoms with Crippen molar-refractivity contribution in [3.63, 3.8) is 0 Å². The number of rotatable bonds is 8. The lowest BCUT2D eigenvalue weighted by Crippen LogP contribution is -2.32. The largest absolute Gasteiger partial charge is 0.332 e. The zero-order valence-electron chi connectivity index (χ0n) is 17.6. The summed E-state index contributed by atoms with van der Waals surface area (Å²) < 4.78 is 3.10. The molecular formula is C22H23N5O3S2. The number of thiophene rings is 1. The molecule has 0 aliphatic rings. The molecule has 3 aromatic heterocycles. The number of amides is 1. The van der Waals surface area contributed by atoms with Crippen molar-refractivity contribution in [1.29, 1.82) is 0 Å². The average molecular weight is 470 g/mol. The Balaban J connectivity index is 1.31. The third-order valence-corrected chi connectivity index (χ3v) is 6.78. The van der Waals surface area contributed by atoms with Crippen LogP contribution in [0.5, 0.6) is 0 Å². The molecule has 0 saturated carbocycles. The van der Waals surface area contributed by atoms with Gasteiger partial charge in [0.05, 0.1) is 16.3 Å². The zero-order valence-corrected chi connectivity index (χ0v) is 19.2. The van der Waals surface area contributed by atoms with E-state index in [1.807, 2.05) is 31.2 Å². The fourth-order valence-electron chi connectivity index (χ4n) is 3.55. The third-order valence-electron chi connectivity index (χ3n) is 5.27. The predicted molar refractivity (Wildman–Crippen MR) is 129 cm³/mol. The highest BCUT2D eigenvalue weighted by molar-refractivity contribution is 7.71. The number of hydrogen-bond donors (Lipinski definition) is 2. The predicted octanol–water partition coefficient (Wildman–Crippen LogP) is 3.72. The van der Waals surface area contributed by atoms with Crippen LogP contribution >= 0.6 is 23.6 Å². The second-order valence-corrected chi connectivity index (χ2v) is 8.98. The van der Waals surface area contributed by atoms with Crippen molar-refractivity contribution in [2.45, 2.75) is 45.6 Å². The van der Waals surface area contributed by atoms with E-state index in [9.17, 15) is 14.4 Å². The molecular weight excluding hydrogens is 446 g/mol. The van der Waals surface area contributed by atoms with Crippen molar-refractivity contribution in [3.8, 4) is 0 Å². The Labute approximate surface area is 192 Å². The summed E-state index contributed by atoms with van der Waals surface area (Å²) >= 11 is 6.81. The fraction of sp³-hybridized carbons (Fsp3) is 0.318. The first-order valence-electron chi connectivity index (χ1n) is 10.5. The molecule has 10 heteroatoms. The van der Waals surface area contributed by atoms with Crippen molar-refractivity contribution in [2.24, 2.45) is 0 Å². The number of unbranched alkanes of at least 4 members (excludes halogenated alkanes) is 2. The number of para-hydroxylation sites is 1. The molecule has 3 heterocycles. The molecule has 0 atom stereocenters. The van der Waals surface area contributed by atoms with Gasteiger partial charge in [-0.25, -0.2) is 9.66 Å². The fourth-order valence-corrected chi connectivity index (χ4v) is 4.76. The van der Waals surface area contributed by atoms with Crippen molar-refractivity contribution >= 4 is 50.6 Å². The molecule has 8 nitrogen and oxygen atoms in total. The summed E-state index contributed by atoms with van der Waals surface area (Å²) in [5, 5.41) is 1.13. The number of aromatic nitrogens is 4. The molecule has 0 unspecified atom stereocenters. The Morgan fingerprint density at radius 3 is 2.78 bits per heavy atom. The molecule has 2 N–H and O–H groups in total. The quantitative estimate of drug-likeness (QED) is 0.302. The lowest BCUT2D eigenvalue weighted by atomic mass is 10.2. The van der Waals surface area contributed by atoms with Crippen LogP contribution in [0.15, 0.2) is 46.2 Å². The molecule has 4 aromatic rings. The van der Waals surface area contributed by atoms with E-state index in [0.29, 0.717) is 39.8 Å². The number of carbonyl (C=O) groups excluding carboxylic acids is 1. The number of benzene rings is 1. The number of nitrogens with one attached hydrogen (secondary N) is 2. The van der Waals surface area contributed by atoms with Gasteiger partial charge in [-0.3, -0.25) is 24.4 Å². The molecule has 0 aliphatic carbocycles. The molecule has 32 heavy (non-hydrogen) atoms. The van der Waals surface area contributed by atoms with Crippen molar-refractivity contribution in [1.82, 2.24) is 19.2 Å². The van der Waals surface area contributed by atoms with Gasteiger partial charge in [0.15, 0.2) is 4.77 Å². The van der Waals surface area contributed by atoms with Crippen molar-refractivity contribution in [2.75, 3.05) is 5.43 Å². The minimum Gasteiger partial charge on any atom is -0.332 e. The lowest BCUT2D eigenvalue weighted by Gasteiger charge is -2.09. The minimum atomic E-state index is -0.274. The van der Waals surface area contributed by atoms with E-state index >= 15 is 0 Å². The summed E-state index contributed by atoms with van der Waals surface area (Å²) in [5.74, 6) is -0.251. The van der Waals surface area contributed by atoms with Gasteiger partial charge in [0.1, 0.15) is 11.2 Å². The molecule has 0 spiro atoms. The summed E-state index contributed by atoms with van der Waals surface area (Å²) in [6, 6.07) is 9.11. The smallest absolute Gasteiger partial charge is 0.280 e. The van der Waals surface area contributed by atoms with E-state index in [1.54, 1.807) is 10.6 Å². The summed E-state index contributed by atoms with van der Waals surface area (Å²) in [4.78, 5) is 46.6. The van der Waals surface area contributed by atoms with Gasteiger partial charge >= 0.3 is 0 Å². The first-order chi connectivity index (χ1) is 15.5. The number of carbonyl (C=O) groups is 1. The summed E-state index contributed by atoms with van der Waals surface area (Å²) in [6.07, 6.45) is 4.56. The SMILES string of the molecule is CCc1cc2c(=O)n(NC(=O)CCCCCn3c(=S)[nH]c4ccccc4c3=O)cnc2s1. The molecule has 0 radical (unpaired) electrons. The standard InChI is InChI=1S/C22H23N5O3S2/c1-2-14-12-16-19(32-14)23-13-27(21(16)30)25-18(28)10-4-3-7-11-26-20(29)15-8-5-6-9-17(15)24-22(26)31/h5-6,8-9,12-13H,2-4,7,10-11H2,1H3,(H,24,31)(H,25,28). The first-order valence-corrected chi connectivity index (χ1v) is 11.7. The number of nitrogens with zero attached hydrogens (tertiary/aromatic N) is 3. The zero-order chi connectivity index (χ0) is 22.7. The Hall–Kier alpha value is -3.11. The van der Waals surface area contributed by atoms with Gasteiger partial charge in [-0.2, -0.15) is 0 Å². The molecule has 1 aromatic carbocycles. The van der Waals surface area contributed by atoms with Crippen LogP contribution in [0.25, 0.3) is 21.1 Å². The van der Waals surface area contributed by atoms with E-state index in [0.717, 1.165) is 27.9 Å². The van der Waals surface area contributed by atoms with Gasteiger partial charge in [0.25, 0.3) is 11.1 Å². The number of aromatic amines is 1. The molecule has 1 amide bonds. The number of fused-ring (bicyclic) bond motifs is 2. The van der Waals surface area contributed by atoms with Crippen LogP contribution in [0.2, 0.25) is 0 Å². The van der Waals surface area contributed by atoms with Crippen LogP contribution in [-0.4, -0.2) is 25.1 Å². The number of aryl methyl sites for hydroxylation is 1. The summed E-state index contributed by atoms with van der Waals surface area (Å²) in [7, 11) is 0. The highest BCUT2D eigenvalue weighted by Gasteiger charge is 2.10. The van der Waals surface area contributed by atoms with Crippen LogP contribution in [0, 0.1) is 4.77 Å². The second kappa shape index (κ2) is 9.58. The van der Waals surface area contributed by atoms with Gasteiger partial charge in [-0.1, -0.05) is 25.5 Å². The van der Waals surface area contributed by atoms with Gasteiger partial charge in [0, 0.05) is 17.8 Å². The van der Waals surface area contributed by atoms with Crippen LogP contribution in [0.3, 0.4) is 0 Å². The summed E-state index contributed by atoms with van der Waals surface area (Å²) in [5.41, 5.74) is 2.95. The maximum Gasteiger partial charge on any atom is 0.280 e. The van der Waals surface area contributed by atoms with E-state index in [2.05, 4.69) is 15.4 Å². The van der Waals surface area contributed by atoms with Crippen LogP contribution in [0.1, 0.15) is 37.5 Å². The van der Waals surface area contributed by atoms with Crippen molar-refractivity contribution < 1.29 is 4.79 Å². The molecule has 0 fully saturated rings. The highest BCUT2D eigenvalue weighted by Crippen LogP contribution is 2.20. The normalized spacial score (nSPS) is 11.3. The molecule has 4 rings (SSSR count). The van der Waals surface area contributed by atoms with E-state index < -0.39 is 0 Å². The maximum atomic E-state index is 12.6. The summed E-state index contributed by atoms with van der Waals surface area (Å²) in [6.45, 7) is 2.51. The Morgan fingerprint density at radius 1 is 1.16 bits per heavy atom. The van der Waals surface area contributed by atoms with E-state index in [1.165, 1.54) is 17.7 Å². The minimum absolute atomic E-state index is 0.107. The topological polar surface area (TPSA) is 102 Å². The average Bonchev–Trinajstić information content (AvgIpc) is 3.22. The number of hydrogen-bond acceptors (Lipinski definition) is 6. The van der Waals surface area contributed by atoms with Gasteiger partial charge in [-0.05, 0) is 49.7 Å². The van der Waals surface area contributed by atoms with Crippen LogP contribution in [-0.2, 0) is 17.8 Å². The lowest BCUT2D eigenvalue weighted by molar-refractivity contribution is -0.117. The van der Waals surface area contributed by atoms with Crippen LogP contribution in [0.4, 0.5) is 0 Å². The van der Waals surface area contributed by atoms with Gasteiger partial charge in [-0.15, -0.1) is 11.3 Å². The van der Waals surface area contributed by atoms with Gasteiger partial charge < -0.3 is 4.98 Å². The Morgan fingerprint density at radius 2 is 1.97 bits per heavy atom. The molecule has 0 bridgehead atoms. The van der Waals surface area contributed by atoms with Crippen LogP contribution < -0.4 is 16.5 Å². The van der Waals surface area contributed by atoms with E-state index in [4.69, 9.17) is 12.2 Å². The molecule has 166 valence electrons. The Bertz CT molecular complexity index is 1460. The molecule has 0 saturated heterocycles. The monoisotopic (exact) mass is 469 g/mol. The second-order valence-electron chi connectivity index (χ2n) is 7.48. The first kappa shape index (κ1) is 22.1. The maximum absolute atomic E-state index is 12.6. The van der Waals surface area contributed by atoms with E-state index in [-0.39, 0.29) is 23.4 Å². The highest BCUT2D eigenvalue weighted by atomic mass is 32.1. The molecule has 0 aliphatic heterocycles.